The van der Waals surface area contributed by atoms with Crippen LogP contribution in [-0.4, -0.2) is 41.3 Å². The Morgan fingerprint density at radius 2 is 2.05 bits per heavy atom. The second kappa shape index (κ2) is 4.77. The van der Waals surface area contributed by atoms with Crippen LogP contribution in [-0.2, 0) is 4.74 Å². The molecule has 0 amide bonds. The van der Waals surface area contributed by atoms with E-state index in [0.717, 1.165) is 17.8 Å². The fraction of sp³-hybridized carbons (Fsp3) is 0.615. The highest BCUT2D eigenvalue weighted by Crippen LogP contribution is 2.29. The molecule has 1 aliphatic rings. The lowest BCUT2D eigenvalue weighted by Gasteiger charge is -2.43. The molecule has 0 atom stereocenters. The van der Waals surface area contributed by atoms with Crippen LogP contribution in [0, 0.1) is 19.3 Å². The summed E-state index contributed by atoms with van der Waals surface area (Å²) in [6, 6.07) is 0. The van der Waals surface area contributed by atoms with E-state index in [1.807, 2.05) is 13.8 Å². The first-order chi connectivity index (χ1) is 8.84. The Balaban J connectivity index is 2.56. The quantitative estimate of drug-likeness (QED) is 0.613. The average Bonchev–Trinajstić information content (AvgIpc) is 2.32. The zero-order chi connectivity index (χ0) is 14.2. The van der Waals surface area contributed by atoms with Gasteiger partial charge in [0.1, 0.15) is 5.84 Å². The summed E-state index contributed by atoms with van der Waals surface area (Å²) in [4.78, 5) is 2.13. The molecule has 0 bridgehead atoms. The maximum Gasteiger partial charge on any atom is 0.163 e. The standard InChI is InChI=1S/C13H21N5O/c1-8-9(2)16-17-12(10(8)11(14)15)18-5-6-19-7-13(18,3)4/h5-7H2,1-4H3,(H3,14,15). The second-order valence-electron chi connectivity index (χ2n) is 5.54. The molecule has 2 heterocycles. The number of morpholine rings is 1. The lowest BCUT2D eigenvalue weighted by Crippen LogP contribution is -2.54. The molecular weight excluding hydrogens is 242 g/mol. The van der Waals surface area contributed by atoms with Crippen LogP contribution in [0.2, 0.25) is 0 Å². The van der Waals surface area contributed by atoms with Gasteiger partial charge in [-0.3, -0.25) is 5.41 Å². The first-order valence-electron chi connectivity index (χ1n) is 6.38. The Morgan fingerprint density at radius 3 is 2.63 bits per heavy atom. The molecule has 0 aromatic carbocycles. The number of nitrogens with two attached hydrogens (primary N) is 1. The van der Waals surface area contributed by atoms with Crippen molar-refractivity contribution in [3.8, 4) is 0 Å². The Bertz CT molecular complexity index is 512. The third-order valence-corrected chi connectivity index (χ3v) is 3.61. The predicted octanol–water partition coefficient (Wildman–Crippen LogP) is 0.993. The van der Waals surface area contributed by atoms with Crippen molar-refractivity contribution in [2.75, 3.05) is 24.7 Å². The van der Waals surface area contributed by atoms with Gasteiger partial charge in [-0.2, -0.15) is 5.10 Å². The number of amidine groups is 1. The minimum Gasteiger partial charge on any atom is -0.384 e. The third kappa shape index (κ3) is 2.40. The zero-order valence-corrected chi connectivity index (χ0v) is 11.9. The summed E-state index contributed by atoms with van der Waals surface area (Å²) in [5.41, 5.74) is 7.96. The minimum absolute atomic E-state index is 0.0350. The van der Waals surface area contributed by atoms with Gasteiger partial charge in [-0.05, 0) is 33.3 Å². The van der Waals surface area contributed by atoms with Gasteiger partial charge >= 0.3 is 0 Å². The summed E-state index contributed by atoms with van der Waals surface area (Å²) >= 11 is 0. The molecule has 0 saturated carbocycles. The highest BCUT2D eigenvalue weighted by Gasteiger charge is 2.34. The van der Waals surface area contributed by atoms with Crippen molar-refractivity contribution in [2.24, 2.45) is 5.73 Å². The maximum absolute atomic E-state index is 7.81. The van der Waals surface area contributed by atoms with Crippen LogP contribution in [0.4, 0.5) is 5.82 Å². The fourth-order valence-corrected chi connectivity index (χ4v) is 2.36. The lowest BCUT2D eigenvalue weighted by molar-refractivity contribution is 0.0638. The van der Waals surface area contributed by atoms with Gasteiger partial charge in [0.2, 0.25) is 0 Å². The first kappa shape index (κ1) is 13.7. The number of nitrogens with one attached hydrogen (secondary N) is 1. The van der Waals surface area contributed by atoms with Crippen molar-refractivity contribution in [1.82, 2.24) is 10.2 Å². The molecule has 1 aromatic heterocycles. The molecule has 1 fully saturated rings. The van der Waals surface area contributed by atoms with Crippen molar-refractivity contribution in [3.05, 3.63) is 16.8 Å². The van der Waals surface area contributed by atoms with Gasteiger partial charge in [-0.1, -0.05) is 0 Å². The molecule has 0 radical (unpaired) electrons. The van der Waals surface area contributed by atoms with Crippen LogP contribution in [0.5, 0.6) is 0 Å². The van der Waals surface area contributed by atoms with Gasteiger partial charge in [0.15, 0.2) is 5.82 Å². The molecule has 19 heavy (non-hydrogen) atoms. The van der Waals surface area contributed by atoms with Gasteiger partial charge in [0.05, 0.1) is 30.0 Å². The number of nitrogens with zero attached hydrogens (tertiary/aromatic N) is 3. The van der Waals surface area contributed by atoms with E-state index in [1.165, 1.54) is 0 Å². The Kier molecular flexibility index (Phi) is 3.45. The summed E-state index contributed by atoms with van der Waals surface area (Å²) in [7, 11) is 0. The smallest absolute Gasteiger partial charge is 0.163 e. The summed E-state index contributed by atoms with van der Waals surface area (Å²) in [6.45, 7) is 9.99. The van der Waals surface area contributed by atoms with Crippen LogP contribution >= 0.6 is 0 Å². The molecular formula is C13H21N5O. The van der Waals surface area contributed by atoms with Crippen molar-refractivity contribution in [3.63, 3.8) is 0 Å². The molecule has 3 N–H and O–H groups in total. The summed E-state index contributed by atoms with van der Waals surface area (Å²) in [5.74, 6) is 0.719. The van der Waals surface area contributed by atoms with Gasteiger partial charge in [0.25, 0.3) is 0 Å². The molecule has 0 unspecified atom stereocenters. The van der Waals surface area contributed by atoms with E-state index in [4.69, 9.17) is 15.9 Å². The van der Waals surface area contributed by atoms with E-state index >= 15 is 0 Å². The molecule has 0 aliphatic carbocycles. The average molecular weight is 263 g/mol. The normalized spacial score (nSPS) is 18.4. The van der Waals surface area contributed by atoms with Crippen molar-refractivity contribution >= 4 is 11.7 Å². The number of ether oxygens (including phenoxy) is 1. The molecule has 1 aliphatic heterocycles. The van der Waals surface area contributed by atoms with E-state index in [9.17, 15) is 0 Å². The monoisotopic (exact) mass is 263 g/mol. The number of hydrogen-bond donors (Lipinski definition) is 2. The van der Waals surface area contributed by atoms with Gasteiger partial charge in [-0.25, -0.2) is 0 Å². The van der Waals surface area contributed by atoms with Crippen LogP contribution in [0.3, 0.4) is 0 Å². The Hall–Kier alpha value is -1.69. The topological polar surface area (TPSA) is 88.1 Å². The highest BCUT2D eigenvalue weighted by molar-refractivity contribution is 6.01. The van der Waals surface area contributed by atoms with E-state index in [2.05, 4.69) is 28.9 Å². The molecule has 6 nitrogen and oxygen atoms in total. The van der Waals surface area contributed by atoms with E-state index in [-0.39, 0.29) is 11.4 Å². The number of nitrogen functional groups attached to an aromatic ring is 1. The zero-order valence-electron chi connectivity index (χ0n) is 11.9. The van der Waals surface area contributed by atoms with Crippen LogP contribution in [0.1, 0.15) is 30.7 Å². The Labute approximate surface area is 113 Å². The van der Waals surface area contributed by atoms with E-state index in [1.54, 1.807) is 0 Å². The van der Waals surface area contributed by atoms with Gasteiger partial charge in [-0.15, -0.1) is 5.10 Å². The molecule has 1 saturated heterocycles. The lowest BCUT2D eigenvalue weighted by atomic mass is 10.00. The summed E-state index contributed by atoms with van der Waals surface area (Å²) in [5, 5.41) is 16.3. The summed E-state index contributed by atoms with van der Waals surface area (Å²) < 4.78 is 5.52. The van der Waals surface area contributed by atoms with E-state index in [0.29, 0.717) is 24.6 Å². The van der Waals surface area contributed by atoms with Crippen molar-refractivity contribution < 1.29 is 4.74 Å². The third-order valence-electron chi connectivity index (χ3n) is 3.61. The van der Waals surface area contributed by atoms with Gasteiger partial charge in [0, 0.05) is 6.54 Å². The first-order valence-corrected chi connectivity index (χ1v) is 6.38. The van der Waals surface area contributed by atoms with Crippen LogP contribution < -0.4 is 10.6 Å². The summed E-state index contributed by atoms with van der Waals surface area (Å²) in [6.07, 6.45) is 0. The molecule has 6 heteroatoms. The maximum atomic E-state index is 7.81. The highest BCUT2D eigenvalue weighted by atomic mass is 16.5. The molecule has 104 valence electrons. The number of hydrogen-bond acceptors (Lipinski definition) is 5. The largest absolute Gasteiger partial charge is 0.384 e. The number of rotatable bonds is 2. The predicted molar refractivity (Wildman–Crippen MR) is 74.8 cm³/mol. The number of aryl methyl sites for hydroxylation is 1. The number of aromatic nitrogens is 2. The molecule has 0 spiro atoms. The van der Waals surface area contributed by atoms with E-state index < -0.39 is 0 Å². The number of anilines is 1. The fourth-order valence-electron chi connectivity index (χ4n) is 2.36. The molecule has 1 aromatic rings. The second-order valence-corrected chi connectivity index (χ2v) is 5.54. The van der Waals surface area contributed by atoms with Crippen LogP contribution in [0.15, 0.2) is 0 Å². The SMILES string of the molecule is Cc1nnc(N2CCOCC2(C)C)c(C(=N)N)c1C. The minimum atomic E-state index is -0.182. The van der Waals surface area contributed by atoms with Crippen LogP contribution in [0.25, 0.3) is 0 Å². The Morgan fingerprint density at radius 1 is 1.37 bits per heavy atom. The van der Waals surface area contributed by atoms with Crippen molar-refractivity contribution in [1.29, 1.82) is 5.41 Å². The molecule has 2 rings (SSSR count). The van der Waals surface area contributed by atoms with Crippen molar-refractivity contribution in [2.45, 2.75) is 33.2 Å². The van der Waals surface area contributed by atoms with Gasteiger partial charge < -0.3 is 15.4 Å².